The van der Waals surface area contributed by atoms with Gasteiger partial charge in [-0.1, -0.05) is 17.7 Å². The summed E-state index contributed by atoms with van der Waals surface area (Å²) in [6.45, 7) is 0. The average Bonchev–Trinajstić information content (AvgIpc) is 2.63. The summed E-state index contributed by atoms with van der Waals surface area (Å²) < 4.78 is 0. The number of benzene rings is 1. The molecule has 0 unspecified atom stereocenters. The van der Waals surface area contributed by atoms with Gasteiger partial charge in [0.2, 0.25) is 0 Å². The number of nitrogens with one attached hydrogen (secondary N) is 1. The van der Waals surface area contributed by atoms with E-state index in [2.05, 4.69) is 15.3 Å². The van der Waals surface area contributed by atoms with Crippen molar-refractivity contribution in [2.75, 3.05) is 5.32 Å². The molecule has 1 aromatic carbocycles. The fourth-order valence-electron chi connectivity index (χ4n) is 2.10. The first kappa shape index (κ1) is 15.7. The van der Waals surface area contributed by atoms with Crippen LogP contribution in [0.3, 0.4) is 0 Å². The highest BCUT2D eigenvalue weighted by molar-refractivity contribution is 6.34. The van der Waals surface area contributed by atoms with Gasteiger partial charge < -0.3 is 5.32 Å². The predicted molar refractivity (Wildman–Crippen MR) is 91.6 cm³/mol. The third kappa shape index (κ3) is 3.40. The fraction of sp³-hybridized carbons (Fsp3) is 0. The minimum Gasteiger partial charge on any atom is -0.321 e. The Bertz CT molecular complexity index is 918. The van der Waals surface area contributed by atoms with Crippen LogP contribution in [0.5, 0.6) is 0 Å². The number of halogens is 1. The molecule has 3 aromatic rings. The van der Waals surface area contributed by atoms with Gasteiger partial charge in [0.1, 0.15) is 0 Å². The second kappa shape index (κ2) is 6.90. The number of pyridine rings is 2. The number of rotatable bonds is 3. The van der Waals surface area contributed by atoms with Crippen molar-refractivity contribution in [1.29, 1.82) is 5.26 Å². The maximum Gasteiger partial charge on any atom is 0.257 e. The van der Waals surface area contributed by atoms with E-state index >= 15 is 0 Å². The highest BCUT2D eigenvalue weighted by Gasteiger charge is 2.12. The van der Waals surface area contributed by atoms with Gasteiger partial charge >= 0.3 is 0 Å². The normalized spacial score (nSPS) is 10.0. The summed E-state index contributed by atoms with van der Waals surface area (Å²) in [7, 11) is 0. The zero-order valence-corrected chi connectivity index (χ0v) is 13.2. The Balaban J connectivity index is 1.79. The van der Waals surface area contributed by atoms with E-state index in [9.17, 15) is 4.79 Å². The molecule has 6 heteroatoms. The van der Waals surface area contributed by atoms with E-state index in [1.165, 1.54) is 12.1 Å². The van der Waals surface area contributed by atoms with Gasteiger partial charge in [-0.3, -0.25) is 14.8 Å². The monoisotopic (exact) mass is 334 g/mol. The SMILES string of the molecule is N#Cc1ccc(Cl)c(C(=O)Nc2ccc(-c3ccccn3)nc2)c1. The molecule has 3 rings (SSSR count). The zero-order valence-electron chi connectivity index (χ0n) is 12.4. The second-order valence-corrected chi connectivity index (χ2v) is 5.31. The number of amides is 1. The van der Waals surface area contributed by atoms with Crippen LogP contribution >= 0.6 is 11.6 Å². The number of aromatic nitrogens is 2. The summed E-state index contributed by atoms with van der Waals surface area (Å²) in [5, 5.41) is 11.9. The first-order chi connectivity index (χ1) is 11.7. The first-order valence-electron chi connectivity index (χ1n) is 7.06. The second-order valence-electron chi connectivity index (χ2n) is 4.91. The Kier molecular flexibility index (Phi) is 4.50. The van der Waals surface area contributed by atoms with Gasteiger partial charge in [0, 0.05) is 6.20 Å². The molecule has 5 nitrogen and oxygen atoms in total. The molecule has 0 bridgehead atoms. The van der Waals surface area contributed by atoms with Crippen LogP contribution < -0.4 is 5.32 Å². The van der Waals surface area contributed by atoms with Crippen LogP contribution in [0.4, 0.5) is 5.69 Å². The molecule has 0 aliphatic carbocycles. The quantitative estimate of drug-likeness (QED) is 0.787. The predicted octanol–water partition coefficient (Wildman–Crippen LogP) is 3.92. The smallest absolute Gasteiger partial charge is 0.257 e. The lowest BCUT2D eigenvalue weighted by Gasteiger charge is -2.07. The summed E-state index contributed by atoms with van der Waals surface area (Å²) >= 11 is 6.03. The standard InChI is InChI=1S/C18H11ClN4O/c19-15-6-4-12(10-20)9-14(15)18(24)23-13-5-7-17(22-11-13)16-3-1-2-8-21-16/h1-9,11H,(H,23,24). The Labute approximate surface area is 143 Å². The summed E-state index contributed by atoms with van der Waals surface area (Å²) in [5.41, 5.74) is 2.59. The molecule has 0 saturated heterocycles. The van der Waals surface area contributed by atoms with E-state index < -0.39 is 5.91 Å². The number of hydrogen-bond acceptors (Lipinski definition) is 4. The molecular weight excluding hydrogens is 324 g/mol. The maximum absolute atomic E-state index is 12.3. The molecule has 1 N–H and O–H groups in total. The molecule has 24 heavy (non-hydrogen) atoms. The van der Waals surface area contributed by atoms with Crippen LogP contribution in [-0.2, 0) is 0 Å². The lowest BCUT2D eigenvalue weighted by atomic mass is 10.1. The Morgan fingerprint density at radius 2 is 1.92 bits per heavy atom. The number of nitrogens with zero attached hydrogens (tertiary/aromatic N) is 3. The van der Waals surface area contributed by atoms with Crippen LogP contribution in [0, 0.1) is 11.3 Å². The molecule has 116 valence electrons. The van der Waals surface area contributed by atoms with Crippen molar-refractivity contribution < 1.29 is 4.79 Å². The van der Waals surface area contributed by atoms with Gasteiger partial charge in [-0.25, -0.2) is 0 Å². The fourth-order valence-corrected chi connectivity index (χ4v) is 2.30. The van der Waals surface area contributed by atoms with Crippen molar-refractivity contribution >= 4 is 23.2 Å². The van der Waals surface area contributed by atoms with E-state index in [4.69, 9.17) is 16.9 Å². The topological polar surface area (TPSA) is 78.7 Å². The molecular formula is C18H11ClN4O. The van der Waals surface area contributed by atoms with Crippen LogP contribution in [0.2, 0.25) is 5.02 Å². The Morgan fingerprint density at radius 3 is 2.58 bits per heavy atom. The number of carbonyl (C=O) groups is 1. The highest BCUT2D eigenvalue weighted by atomic mass is 35.5. The minimum atomic E-state index is -0.399. The van der Waals surface area contributed by atoms with Crippen LogP contribution in [-0.4, -0.2) is 15.9 Å². The summed E-state index contributed by atoms with van der Waals surface area (Å²) in [4.78, 5) is 20.8. The van der Waals surface area contributed by atoms with Crippen molar-refractivity contribution in [1.82, 2.24) is 9.97 Å². The van der Waals surface area contributed by atoms with Gasteiger partial charge in [-0.05, 0) is 42.5 Å². The molecule has 0 aliphatic rings. The third-order valence-electron chi connectivity index (χ3n) is 3.29. The Hall–Kier alpha value is -3.23. The van der Waals surface area contributed by atoms with Gasteiger partial charge in [0.05, 0.1) is 45.5 Å². The lowest BCUT2D eigenvalue weighted by molar-refractivity contribution is 0.102. The van der Waals surface area contributed by atoms with E-state index in [-0.39, 0.29) is 10.6 Å². The van der Waals surface area contributed by atoms with Crippen molar-refractivity contribution in [3.63, 3.8) is 0 Å². The van der Waals surface area contributed by atoms with Crippen molar-refractivity contribution in [3.8, 4) is 17.5 Å². The zero-order chi connectivity index (χ0) is 16.9. The molecule has 2 heterocycles. The molecule has 0 spiro atoms. The van der Waals surface area contributed by atoms with Gasteiger partial charge in [0.25, 0.3) is 5.91 Å². The summed E-state index contributed by atoms with van der Waals surface area (Å²) in [5.74, 6) is -0.399. The van der Waals surface area contributed by atoms with Crippen molar-refractivity contribution in [3.05, 3.63) is 77.1 Å². The van der Waals surface area contributed by atoms with Gasteiger partial charge in [-0.15, -0.1) is 0 Å². The molecule has 0 radical (unpaired) electrons. The number of carbonyl (C=O) groups excluding carboxylic acids is 1. The maximum atomic E-state index is 12.3. The molecule has 2 aromatic heterocycles. The first-order valence-corrected chi connectivity index (χ1v) is 7.43. The molecule has 0 aliphatic heterocycles. The molecule has 1 amide bonds. The summed E-state index contributed by atoms with van der Waals surface area (Å²) in [6, 6.07) is 15.6. The Morgan fingerprint density at radius 1 is 1.08 bits per heavy atom. The van der Waals surface area contributed by atoms with Crippen molar-refractivity contribution in [2.45, 2.75) is 0 Å². The van der Waals surface area contributed by atoms with Crippen LogP contribution in [0.25, 0.3) is 11.4 Å². The number of anilines is 1. The van der Waals surface area contributed by atoms with E-state index in [1.807, 2.05) is 24.3 Å². The molecule has 0 fully saturated rings. The van der Waals surface area contributed by atoms with E-state index in [1.54, 1.807) is 30.6 Å². The van der Waals surface area contributed by atoms with Crippen LogP contribution in [0.15, 0.2) is 60.9 Å². The number of hydrogen-bond donors (Lipinski definition) is 1. The minimum absolute atomic E-state index is 0.240. The number of nitriles is 1. The summed E-state index contributed by atoms with van der Waals surface area (Å²) in [6.07, 6.45) is 3.24. The largest absolute Gasteiger partial charge is 0.321 e. The van der Waals surface area contributed by atoms with Gasteiger partial charge in [-0.2, -0.15) is 5.26 Å². The molecule has 0 atom stereocenters. The lowest BCUT2D eigenvalue weighted by Crippen LogP contribution is -2.13. The van der Waals surface area contributed by atoms with Crippen molar-refractivity contribution in [2.24, 2.45) is 0 Å². The highest BCUT2D eigenvalue weighted by Crippen LogP contribution is 2.20. The van der Waals surface area contributed by atoms with Gasteiger partial charge in [0.15, 0.2) is 0 Å². The van der Waals surface area contributed by atoms with E-state index in [0.717, 1.165) is 5.69 Å². The van der Waals surface area contributed by atoms with E-state index in [0.29, 0.717) is 16.9 Å². The van der Waals surface area contributed by atoms with Crippen LogP contribution in [0.1, 0.15) is 15.9 Å². The molecule has 0 saturated carbocycles. The third-order valence-corrected chi connectivity index (χ3v) is 3.62. The average molecular weight is 335 g/mol.